The van der Waals surface area contributed by atoms with E-state index in [9.17, 15) is 0 Å². The van der Waals surface area contributed by atoms with Crippen molar-refractivity contribution in [3.63, 3.8) is 0 Å². The molecule has 0 saturated carbocycles. The van der Waals surface area contributed by atoms with Crippen LogP contribution in [0.15, 0.2) is 18.5 Å². The molecule has 0 radical (unpaired) electrons. The van der Waals surface area contributed by atoms with Crippen molar-refractivity contribution < 1.29 is 4.74 Å². The Morgan fingerprint density at radius 3 is 2.84 bits per heavy atom. The zero-order valence-electron chi connectivity index (χ0n) is 12.4. The second-order valence-corrected chi connectivity index (χ2v) is 5.68. The number of ether oxygens (including phenoxy) is 1. The second kappa shape index (κ2) is 6.49. The van der Waals surface area contributed by atoms with E-state index in [0.29, 0.717) is 6.04 Å². The average Bonchev–Trinajstić information content (AvgIpc) is 2.45. The third kappa shape index (κ3) is 3.77. The largest absolute Gasteiger partial charge is 0.375 e. The number of aromatic nitrogens is 1. The van der Waals surface area contributed by atoms with Gasteiger partial charge in [-0.2, -0.15) is 0 Å². The number of aryl methyl sites for hydroxylation is 1. The second-order valence-electron chi connectivity index (χ2n) is 5.68. The first-order valence-corrected chi connectivity index (χ1v) is 7.45. The van der Waals surface area contributed by atoms with Gasteiger partial charge >= 0.3 is 0 Å². The quantitative estimate of drug-likeness (QED) is 0.884. The summed E-state index contributed by atoms with van der Waals surface area (Å²) in [6.07, 6.45) is 8.30. The molecule has 1 aliphatic rings. The number of nitrogens with one attached hydrogen (secondary N) is 1. The Morgan fingerprint density at radius 1 is 1.37 bits per heavy atom. The van der Waals surface area contributed by atoms with E-state index < -0.39 is 0 Å². The van der Waals surface area contributed by atoms with Crippen molar-refractivity contribution in [3.8, 4) is 0 Å². The molecule has 1 atom stereocenters. The van der Waals surface area contributed by atoms with Crippen LogP contribution in [0.2, 0.25) is 0 Å². The fourth-order valence-electron chi connectivity index (χ4n) is 2.92. The van der Waals surface area contributed by atoms with E-state index in [4.69, 9.17) is 4.74 Å². The molecule has 1 unspecified atom stereocenters. The molecule has 19 heavy (non-hydrogen) atoms. The van der Waals surface area contributed by atoms with Crippen LogP contribution in [0.25, 0.3) is 0 Å². The van der Waals surface area contributed by atoms with Crippen molar-refractivity contribution in [1.29, 1.82) is 0 Å². The van der Waals surface area contributed by atoms with E-state index in [1.54, 1.807) is 0 Å². The molecule has 0 spiro atoms. The van der Waals surface area contributed by atoms with E-state index in [1.807, 2.05) is 12.4 Å². The normalized spacial score (nSPS) is 22.4. The van der Waals surface area contributed by atoms with Crippen molar-refractivity contribution in [2.24, 2.45) is 0 Å². The maximum atomic E-state index is 6.01. The number of hydrogen-bond acceptors (Lipinski definition) is 3. The lowest BCUT2D eigenvalue weighted by Gasteiger charge is -2.40. The first-order valence-electron chi connectivity index (χ1n) is 7.45. The minimum atomic E-state index is 0.0980. The summed E-state index contributed by atoms with van der Waals surface area (Å²) in [7, 11) is 0. The molecule has 1 aromatic heterocycles. The van der Waals surface area contributed by atoms with Gasteiger partial charge in [-0.25, -0.2) is 0 Å². The summed E-state index contributed by atoms with van der Waals surface area (Å²) < 4.78 is 6.01. The molecule has 0 amide bonds. The monoisotopic (exact) mass is 262 g/mol. The van der Waals surface area contributed by atoms with E-state index in [2.05, 4.69) is 37.1 Å². The first-order chi connectivity index (χ1) is 9.17. The summed E-state index contributed by atoms with van der Waals surface area (Å²) in [5, 5.41) is 3.67. The molecule has 1 aromatic rings. The Hall–Kier alpha value is -0.930. The Morgan fingerprint density at radius 2 is 2.16 bits per heavy atom. The topological polar surface area (TPSA) is 34.2 Å². The summed E-state index contributed by atoms with van der Waals surface area (Å²) >= 11 is 0. The molecule has 1 N–H and O–H groups in total. The van der Waals surface area contributed by atoms with Crippen molar-refractivity contribution in [1.82, 2.24) is 10.3 Å². The summed E-state index contributed by atoms with van der Waals surface area (Å²) in [6, 6.07) is 2.76. The van der Waals surface area contributed by atoms with Crippen LogP contribution in [-0.2, 0) is 11.3 Å². The highest BCUT2D eigenvalue weighted by molar-refractivity contribution is 5.16. The van der Waals surface area contributed by atoms with Crippen molar-refractivity contribution in [2.45, 2.75) is 64.6 Å². The zero-order chi connectivity index (χ0) is 13.7. The van der Waals surface area contributed by atoms with Crippen LogP contribution in [-0.4, -0.2) is 23.2 Å². The lowest BCUT2D eigenvalue weighted by atomic mass is 9.86. The fraction of sp³-hybridized carbons (Fsp3) is 0.688. The van der Waals surface area contributed by atoms with Crippen LogP contribution in [0.5, 0.6) is 0 Å². The smallest absolute Gasteiger partial charge is 0.0692 e. The minimum absolute atomic E-state index is 0.0980. The van der Waals surface area contributed by atoms with E-state index >= 15 is 0 Å². The maximum Gasteiger partial charge on any atom is 0.0692 e. The molecular formula is C16H26N2O. The van der Waals surface area contributed by atoms with Crippen LogP contribution >= 0.6 is 0 Å². The molecule has 0 aliphatic carbocycles. The summed E-state index contributed by atoms with van der Waals surface area (Å²) in [5.74, 6) is 0. The average molecular weight is 262 g/mol. The molecule has 1 aliphatic heterocycles. The molecule has 0 bridgehead atoms. The molecule has 3 heteroatoms. The Kier molecular flexibility index (Phi) is 4.94. The van der Waals surface area contributed by atoms with Gasteiger partial charge in [0.25, 0.3) is 0 Å². The predicted molar refractivity (Wildman–Crippen MR) is 78.1 cm³/mol. The standard InChI is InChI=1S/C16H26N2O/c1-4-16(5-2)9-15(6-7-19-16)18-12-14-8-13(3)10-17-11-14/h8,10-11,15,18H,4-7,9,12H2,1-3H3. The van der Waals surface area contributed by atoms with E-state index in [-0.39, 0.29) is 5.60 Å². The van der Waals surface area contributed by atoms with Crippen LogP contribution in [0.1, 0.15) is 50.7 Å². The summed E-state index contributed by atoms with van der Waals surface area (Å²) in [4.78, 5) is 4.24. The molecule has 106 valence electrons. The summed E-state index contributed by atoms with van der Waals surface area (Å²) in [6.45, 7) is 8.34. The molecular weight excluding hydrogens is 236 g/mol. The lowest BCUT2D eigenvalue weighted by Crippen LogP contribution is -2.46. The van der Waals surface area contributed by atoms with Gasteiger partial charge in [-0.05, 0) is 43.7 Å². The number of nitrogens with zero attached hydrogens (tertiary/aromatic N) is 1. The highest BCUT2D eigenvalue weighted by atomic mass is 16.5. The minimum Gasteiger partial charge on any atom is -0.375 e. The molecule has 1 saturated heterocycles. The highest BCUT2D eigenvalue weighted by Crippen LogP contribution is 2.31. The van der Waals surface area contributed by atoms with Gasteiger partial charge in [-0.15, -0.1) is 0 Å². The molecule has 0 aromatic carbocycles. The summed E-state index contributed by atoms with van der Waals surface area (Å²) in [5.41, 5.74) is 2.59. The Balaban J connectivity index is 1.89. The van der Waals surface area contributed by atoms with Gasteiger partial charge < -0.3 is 10.1 Å². The van der Waals surface area contributed by atoms with Crippen LogP contribution in [0.4, 0.5) is 0 Å². The third-order valence-electron chi connectivity index (χ3n) is 4.31. The number of rotatable bonds is 5. The van der Waals surface area contributed by atoms with Gasteiger partial charge in [0.2, 0.25) is 0 Å². The van der Waals surface area contributed by atoms with Gasteiger partial charge in [-0.1, -0.05) is 19.9 Å². The Bertz CT molecular complexity index is 401. The maximum absolute atomic E-state index is 6.01. The first kappa shape index (κ1) is 14.5. The molecule has 3 nitrogen and oxygen atoms in total. The van der Waals surface area contributed by atoms with Crippen molar-refractivity contribution in [2.75, 3.05) is 6.61 Å². The van der Waals surface area contributed by atoms with Crippen LogP contribution < -0.4 is 5.32 Å². The SMILES string of the molecule is CCC1(CC)CC(NCc2cncc(C)c2)CCO1. The molecule has 2 heterocycles. The van der Waals surface area contributed by atoms with Crippen molar-refractivity contribution in [3.05, 3.63) is 29.6 Å². The number of hydrogen-bond donors (Lipinski definition) is 1. The fourth-order valence-corrected chi connectivity index (χ4v) is 2.92. The van der Waals surface area contributed by atoms with Crippen molar-refractivity contribution >= 4 is 0 Å². The van der Waals surface area contributed by atoms with Crippen LogP contribution in [0, 0.1) is 6.92 Å². The van der Waals surface area contributed by atoms with Gasteiger partial charge in [0, 0.05) is 31.6 Å². The molecule has 2 rings (SSSR count). The molecule has 1 fully saturated rings. The highest BCUT2D eigenvalue weighted by Gasteiger charge is 2.34. The predicted octanol–water partition coefficient (Wildman–Crippen LogP) is 3.22. The van der Waals surface area contributed by atoms with Gasteiger partial charge in [0.15, 0.2) is 0 Å². The van der Waals surface area contributed by atoms with Crippen LogP contribution in [0.3, 0.4) is 0 Å². The Labute approximate surface area is 116 Å². The van der Waals surface area contributed by atoms with E-state index in [1.165, 1.54) is 11.1 Å². The van der Waals surface area contributed by atoms with Gasteiger partial charge in [-0.3, -0.25) is 4.98 Å². The lowest BCUT2D eigenvalue weighted by molar-refractivity contribution is -0.0932. The van der Waals surface area contributed by atoms with E-state index in [0.717, 1.165) is 38.8 Å². The number of pyridine rings is 1. The zero-order valence-corrected chi connectivity index (χ0v) is 12.4. The van der Waals surface area contributed by atoms with Gasteiger partial charge in [0.1, 0.15) is 0 Å². The third-order valence-corrected chi connectivity index (χ3v) is 4.31. The van der Waals surface area contributed by atoms with Gasteiger partial charge in [0.05, 0.1) is 5.60 Å².